The molecule has 0 bridgehead atoms. The zero-order chi connectivity index (χ0) is 25.8. The van der Waals surface area contributed by atoms with Gasteiger partial charge < -0.3 is 10.1 Å². The van der Waals surface area contributed by atoms with Crippen LogP contribution in [0, 0.1) is 5.82 Å². The molecule has 0 saturated carbocycles. The largest absolute Gasteiger partial charge is 0.461 e. The van der Waals surface area contributed by atoms with Gasteiger partial charge in [0.2, 0.25) is 5.88 Å². The van der Waals surface area contributed by atoms with Gasteiger partial charge >= 0.3 is 6.18 Å². The Balaban J connectivity index is 1.78. The number of amides is 1. The molecular weight excluding hydrogens is 532 g/mol. The van der Waals surface area contributed by atoms with Crippen molar-refractivity contribution >= 4 is 21.8 Å². The Kier molecular flexibility index (Phi) is 8.09. The average molecular weight is 555 g/mol. The molecule has 2 heterocycles. The van der Waals surface area contributed by atoms with Crippen molar-refractivity contribution in [1.82, 2.24) is 20.3 Å². The Bertz CT molecular complexity index is 1170. The molecule has 6 nitrogen and oxygen atoms in total. The summed E-state index contributed by atoms with van der Waals surface area (Å²) in [7, 11) is 0. The van der Waals surface area contributed by atoms with E-state index in [4.69, 9.17) is 4.74 Å². The maximum atomic E-state index is 13.4. The van der Waals surface area contributed by atoms with Crippen molar-refractivity contribution in [2.45, 2.75) is 44.4 Å². The molecule has 0 radical (unpaired) electrons. The number of pyridine rings is 1. The van der Waals surface area contributed by atoms with Crippen LogP contribution >= 0.6 is 15.9 Å². The van der Waals surface area contributed by atoms with Crippen LogP contribution in [0.3, 0.4) is 0 Å². The molecule has 186 valence electrons. The van der Waals surface area contributed by atoms with Crippen molar-refractivity contribution < 1.29 is 27.1 Å². The van der Waals surface area contributed by atoms with Crippen LogP contribution in [0.2, 0.25) is 0 Å². The first-order valence-corrected chi connectivity index (χ1v) is 11.4. The molecule has 11 heteroatoms. The van der Waals surface area contributed by atoms with Crippen LogP contribution in [-0.2, 0) is 11.0 Å². The highest BCUT2D eigenvalue weighted by molar-refractivity contribution is 9.10. The summed E-state index contributed by atoms with van der Waals surface area (Å²) in [5.41, 5.74) is -1.01. The molecule has 2 aromatic heterocycles. The minimum absolute atomic E-state index is 0.132. The minimum Gasteiger partial charge on any atom is -0.461 e. The highest BCUT2D eigenvalue weighted by Gasteiger charge is 2.35. The minimum atomic E-state index is -4.67. The molecule has 0 aliphatic carbocycles. The van der Waals surface area contributed by atoms with Crippen molar-refractivity contribution in [2.75, 3.05) is 6.54 Å². The van der Waals surface area contributed by atoms with E-state index < -0.39 is 23.4 Å². The van der Waals surface area contributed by atoms with Crippen LogP contribution < -0.4 is 10.1 Å². The van der Waals surface area contributed by atoms with E-state index in [1.807, 2.05) is 13.0 Å². The number of benzene rings is 1. The number of aromatic nitrogens is 3. The van der Waals surface area contributed by atoms with Gasteiger partial charge in [-0.15, -0.1) is 0 Å². The van der Waals surface area contributed by atoms with E-state index in [1.165, 1.54) is 26.0 Å². The van der Waals surface area contributed by atoms with Crippen LogP contribution in [0.5, 0.6) is 5.88 Å². The van der Waals surface area contributed by atoms with E-state index in [2.05, 4.69) is 36.2 Å². The number of hydrogen-bond acceptors (Lipinski definition) is 5. The molecule has 3 aromatic rings. The summed E-state index contributed by atoms with van der Waals surface area (Å²) in [6.45, 7) is 4.97. The van der Waals surface area contributed by atoms with Gasteiger partial charge in [-0.05, 0) is 65.0 Å². The highest BCUT2D eigenvalue weighted by atomic mass is 79.9. The van der Waals surface area contributed by atoms with Crippen LogP contribution in [0.15, 0.2) is 59.6 Å². The fraction of sp³-hybridized carbons (Fsp3) is 0.333. The molecule has 0 aliphatic heterocycles. The number of carbonyl (C=O) groups excluding carboxylic acids is 1. The van der Waals surface area contributed by atoms with E-state index in [-0.39, 0.29) is 30.1 Å². The summed E-state index contributed by atoms with van der Waals surface area (Å²) in [6, 6.07) is 8.62. The monoisotopic (exact) mass is 554 g/mol. The van der Waals surface area contributed by atoms with Crippen LogP contribution in [-0.4, -0.2) is 33.0 Å². The normalized spacial score (nSPS) is 13.7. The summed E-state index contributed by atoms with van der Waals surface area (Å²) < 4.78 is 58.5. The Morgan fingerprint density at radius 3 is 2.40 bits per heavy atom. The lowest BCUT2D eigenvalue weighted by Gasteiger charge is -2.29. The Labute approximate surface area is 208 Å². The lowest BCUT2D eigenvalue weighted by atomic mass is 9.83. The molecule has 0 fully saturated rings. The number of carbonyl (C=O) groups is 1. The lowest BCUT2D eigenvalue weighted by molar-refractivity contribution is -0.141. The third kappa shape index (κ3) is 6.97. The Morgan fingerprint density at radius 1 is 1.09 bits per heavy atom. The molecule has 1 N–H and O–H groups in total. The first-order chi connectivity index (χ1) is 16.4. The third-order valence-electron chi connectivity index (χ3n) is 5.48. The first-order valence-electron chi connectivity index (χ1n) is 10.6. The second-order valence-corrected chi connectivity index (χ2v) is 9.36. The Morgan fingerprint density at radius 2 is 1.77 bits per heavy atom. The fourth-order valence-corrected chi connectivity index (χ4v) is 3.87. The van der Waals surface area contributed by atoms with Gasteiger partial charge in [0.05, 0.1) is 0 Å². The predicted molar refractivity (Wildman–Crippen MR) is 124 cm³/mol. The van der Waals surface area contributed by atoms with Crippen molar-refractivity contribution in [3.63, 3.8) is 0 Å². The maximum absolute atomic E-state index is 13.4. The molecule has 3 rings (SSSR count). The number of halogens is 5. The van der Waals surface area contributed by atoms with Crippen LogP contribution in [0.4, 0.5) is 17.6 Å². The van der Waals surface area contributed by atoms with Gasteiger partial charge in [-0.2, -0.15) is 13.2 Å². The Hall–Kier alpha value is -3.08. The molecule has 2 atom stereocenters. The molecular formula is C24H23BrF4N4O2. The fourth-order valence-electron chi connectivity index (χ4n) is 3.49. The quantitative estimate of drug-likeness (QED) is 0.364. The van der Waals surface area contributed by atoms with Gasteiger partial charge in [0, 0.05) is 35.4 Å². The SMILES string of the molecule is CC(c1ccc(F)cc1)C(CNC(=O)C(C)(C)Oc1cc(C(F)(F)F)ncn1)c1cncc(Br)c1. The molecule has 0 spiro atoms. The van der Waals surface area contributed by atoms with E-state index >= 15 is 0 Å². The van der Waals surface area contributed by atoms with Crippen LogP contribution in [0.25, 0.3) is 0 Å². The van der Waals surface area contributed by atoms with Crippen molar-refractivity contribution in [3.8, 4) is 5.88 Å². The summed E-state index contributed by atoms with van der Waals surface area (Å²) in [4.78, 5) is 24.1. The van der Waals surface area contributed by atoms with Gasteiger partial charge in [-0.1, -0.05) is 19.1 Å². The topological polar surface area (TPSA) is 77.0 Å². The van der Waals surface area contributed by atoms with E-state index in [9.17, 15) is 22.4 Å². The van der Waals surface area contributed by atoms with Gasteiger partial charge in [0.25, 0.3) is 5.91 Å². The number of nitrogens with zero attached hydrogens (tertiary/aromatic N) is 3. The zero-order valence-corrected chi connectivity index (χ0v) is 20.7. The number of rotatable bonds is 8. The predicted octanol–water partition coefficient (Wildman–Crippen LogP) is 5.65. The molecule has 0 aliphatic rings. The highest BCUT2D eigenvalue weighted by Crippen LogP contribution is 2.34. The van der Waals surface area contributed by atoms with Crippen molar-refractivity contribution in [2.24, 2.45) is 0 Å². The van der Waals surface area contributed by atoms with Gasteiger partial charge in [-0.3, -0.25) is 9.78 Å². The van der Waals surface area contributed by atoms with E-state index in [0.29, 0.717) is 6.07 Å². The molecule has 35 heavy (non-hydrogen) atoms. The van der Waals surface area contributed by atoms with Crippen molar-refractivity contribution in [3.05, 3.63) is 82.2 Å². The number of nitrogens with one attached hydrogen (secondary N) is 1. The smallest absolute Gasteiger partial charge is 0.433 e. The second-order valence-electron chi connectivity index (χ2n) is 8.44. The number of alkyl halides is 3. The van der Waals surface area contributed by atoms with Gasteiger partial charge in [0.1, 0.15) is 12.1 Å². The summed E-state index contributed by atoms with van der Waals surface area (Å²) in [6.07, 6.45) is -0.625. The summed E-state index contributed by atoms with van der Waals surface area (Å²) >= 11 is 3.40. The molecule has 2 unspecified atom stereocenters. The van der Waals surface area contributed by atoms with E-state index in [1.54, 1.807) is 24.5 Å². The molecule has 0 saturated heterocycles. The third-order valence-corrected chi connectivity index (χ3v) is 5.91. The number of ether oxygens (including phenoxy) is 1. The summed E-state index contributed by atoms with van der Waals surface area (Å²) in [5.74, 6) is -1.66. The van der Waals surface area contributed by atoms with Crippen molar-refractivity contribution in [1.29, 1.82) is 0 Å². The van der Waals surface area contributed by atoms with Gasteiger partial charge in [0.15, 0.2) is 11.3 Å². The standard InChI is InChI=1S/C24H23BrF4N4O2/c1-14(15-4-6-18(26)7-5-15)19(16-8-17(25)11-30-10-16)12-31-22(34)23(2,3)35-21-9-20(24(27,28)29)32-13-33-21/h4-11,13-14,19H,12H2,1-3H3,(H,31,34). The second kappa shape index (κ2) is 10.7. The molecule has 1 amide bonds. The molecule has 1 aromatic carbocycles. The maximum Gasteiger partial charge on any atom is 0.433 e. The van der Waals surface area contributed by atoms with E-state index in [0.717, 1.165) is 21.9 Å². The van der Waals surface area contributed by atoms with Gasteiger partial charge in [-0.25, -0.2) is 14.4 Å². The first kappa shape index (κ1) is 26.5. The zero-order valence-electron chi connectivity index (χ0n) is 19.1. The van der Waals surface area contributed by atoms with Crippen LogP contribution in [0.1, 0.15) is 49.4 Å². The number of hydrogen-bond donors (Lipinski definition) is 1. The summed E-state index contributed by atoms with van der Waals surface area (Å²) in [5, 5.41) is 2.82. The average Bonchev–Trinajstić information content (AvgIpc) is 2.79. The lowest BCUT2D eigenvalue weighted by Crippen LogP contribution is -2.48.